The van der Waals surface area contributed by atoms with E-state index in [-0.39, 0.29) is 6.30 Å². The zero-order valence-electron chi connectivity index (χ0n) is 15.0. The maximum absolute atomic E-state index is 5.45. The molecule has 0 aromatic heterocycles. The van der Waals surface area contributed by atoms with Crippen molar-refractivity contribution in [3.8, 4) is 0 Å². The number of benzene rings is 2. The van der Waals surface area contributed by atoms with Crippen molar-refractivity contribution in [1.29, 1.82) is 0 Å². The Balaban J connectivity index is 2.08. The van der Waals surface area contributed by atoms with Gasteiger partial charge in [-0.2, -0.15) is 0 Å². The summed E-state index contributed by atoms with van der Waals surface area (Å²) < 4.78 is 6.80. The molecule has 6 heteroatoms. The molecule has 0 amide bonds. The van der Waals surface area contributed by atoms with Crippen LogP contribution in [0.15, 0.2) is 65.4 Å². The molecule has 25 heavy (non-hydrogen) atoms. The van der Waals surface area contributed by atoms with Crippen LogP contribution in [0.5, 0.6) is 0 Å². The van der Waals surface area contributed by atoms with Gasteiger partial charge in [-0.3, -0.25) is 0 Å². The molecule has 132 valence electrons. The van der Waals surface area contributed by atoms with Crippen molar-refractivity contribution >= 4 is 57.5 Å². The van der Waals surface area contributed by atoms with E-state index in [0.29, 0.717) is 26.6 Å². The zero-order valence-corrected chi connectivity index (χ0v) is 20.2. The van der Waals surface area contributed by atoms with Crippen LogP contribution in [0.3, 0.4) is 0 Å². The molecule has 2 atom stereocenters. The standard InChI is InChI=1S/C19H24N2P2Se2/c1-15(2)21(16(3)4)19-20-23(24,18-13-9-6-10-14-18)22(25-19)17-11-7-5-8-12-17/h5-16H,1-4H3. The third-order valence-corrected chi connectivity index (χ3v) is 29.9. The topological polar surface area (TPSA) is 15.6 Å². The second kappa shape index (κ2) is 8.22. The summed E-state index contributed by atoms with van der Waals surface area (Å²) >= 11 is 4.01. The van der Waals surface area contributed by atoms with Crippen LogP contribution in [0.2, 0.25) is 0 Å². The van der Waals surface area contributed by atoms with Gasteiger partial charge in [-0.15, -0.1) is 0 Å². The normalized spacial score (nSPS) is 23.2. The fraction of sp³-hybridized carbons (Fsp3) is 0.316. The first-order valence-electron chi connectivity index (χ1n) is 8.51. The summed E-state index contributed by atoms with van der Waals surface area (Å²) in [6.07, 6.45) is -0.311. The van der Waals surface area contributed by atoms with Crippen LogP contribution in [-0.4, -0.2) is 51.8 Å². The first kappa shape index (κ1) is 19.6. The van der Waals surface area contributed by atoms with Crippen LogP contribution < -0.4 is 10.6 Å². The Labute approximate surface area is 167 Å². The molecule has 2 unspecified atom stereocenters. The van der Waals surface area contributed by atoms with Crippen LogP contribution in [0, 0.1) is 0 Å². The summed E-state index contributed by atoms with van der Waals surface area (Å²) in [7, 11) is 0. The van der Waals surface area contributed by atoms with Crippen molar-refractivity contribution in [2.24, 2.45) is 4.76 Å². The number of rotatable bonds is 4. The predicted molar refractivity (Wildman–Crippen MR) is 117 cm³/mol. The van der Waals surface area contributed by atoms with E-state index in [1.807, 2.05) is 0 Å². The monoisotopic (exact) mass is 502 g/mol. The maximum atomic E-state index is 5.45. The molecule has 2 aromatic carbocycles. The first-order chi connectivity index (χ1) is 11.9. The van der Waals surface area contributed by atoms with Gasteiger partial charge in [0.15, 0.2) is 0 Å². The minimum atomic E-state index is -1.68. The van der Waals surface area contributed by atoms with Crippen molar-refractivity contribution in [3.05, 3.63) is 60.7 Å². The van der Waals surface area contributed by atoms with E-state index in [0.717, 1.165) is 0 Å². The Bertz CT molecular complexity index is 730. The number of nitrogens with zero attached hydrogens (tertiary/aromatic N) is 2. The quantitative estimate of drug-likeness (QED) is 0.455. The molecular weight excluding hydrogens is 476 g/mol. The van der Waals surface area contributed by atoms with Gasteiger partial charge in [0.05, 0.1) is 0 Å². The molecule has 0 saturated carbocycles. The second-order valence-corrected chi connectivity index (χ2v) is 23.7. The van der Waals surface area contributed by atoms with Crippen LogP contribution in [0.25, 0.3) is 0 Å². The van der Waals surface area contributed by atoms with Gasteiger partial charge in [0, 0.05) is 0 Å². The minimum absolute atomic E-state index is 0.311. The van der Waals surface area contributed by atoms with Gasteiger partial charge in [-0.25, -0.2) is 0 Å². The van der Waals surface area contributed by atoms with E-state index in [1.165, 1.54) is 15.3 Å². The van der Waals surface area contributed by atoms with Crippen LogP contribution in [0.4, 0.5) is 0 Å². The number of hydrogen-bond acceptors (Lipinski definition) is 2. The summed E-state index contributed by atoms with van der Waals surface area (Å²) in [6.45, 7) is 9.13. The van der Waals surface area contributed by atoms with Crippen molar-refractivity contribution in [2.75, 3.05) is 0 Å². The van der Waals surface area contributed by atoms with Gasteiger partial charge in [0.2, 0.25) is 0 Å². The van der Waals surface area contributed by atoms with E-state index < -0.39 is 5.79 Å². The average Bonchev–Trinajstić information content (AvgIpc) is 2.94. The third kappa shape index (κ3) is 4.06. The van der Waals surface area contributed by atoms with Crippen LogP contribution in [0.1, 0.15) is 27.7 Å². The summed E-state index contributed by atoms with van der Waals surface area (Å²) in [5.74, 6) is -1.68. The molecule has 0 aliphatic carbocycles. The zero-order chi connectivity index (χ0) is 18.0. The summed E-state index contributed by atoms with van der Waals surface area (Å²) in [5, 5.41) is 2.88. The number of hydrogen-bond donors (Lipinski definition) is 0. The Morgan fingerprint density at radius 1 is 0.920 bits per heavy atom. The van der Waals surface area contributed by atoms with Gasteiger partial charge >= 0.3 is 168 Å². The summed E-state index contributed by atoms with van der Waals surface area (Å²) in [4.78, 5) is 2.53. The third-order valence-electron chi connectivity index (χ3n) is 4.04. The molecule has 2 aromatic rings. The SMILES string of the molecule is CC(C)N(C1=N[P+]([Se-])(c2ccccc2)P(c2ccccc2)[Se]1)C(C)C. The van der Waals surface area contributed by atoms with Gasteiger partial charge in [0.25, 0.3) is 0 Å². The molecule has 0 saturated heterocycles. The molecule has 1 aliphatic heterocycles. The van der Waals surface area contributed by atoms with Crippen molar-refractivity contribution < 1.29 is 0 Å². The van der Waals surface area contributed by atoms with E-state index in [1.54, 1.807) is 0 Å². The molecule has 3 rings (SSSR count). The predicted octanol–water partition coefficient (Wildman–Crippen LogP) is 4.16. The molecule has 0 radical (unpaired) electrons. The van der Waals surface area contributed by atoms with Crippen molar-refractivity contribution in [1.82, 2.24) is 4.90 Å². The number of amidine groups is 1. The molecule has 1 heterocycles. The molecule has 0 N–H and O–H groups in total. The van der Waals surface area contributed by atoms with Crippen molar-refractivity contribution in [3.63, 3.8) is 0 Å². The Morgan fingerprint density at radius 2 is 1.44 bits per heavy atom. The van der Waals surface area contributed by atoms with Crippen LogP contribution >= 0.6 is 12.1 Å². The second-order valence-electron chi connectivity index (χ2n) is 6.56. The molecule has 1 aliphatic rings. The van der Waals surface area contributed by atoms with Gasteiger partial charge in [-0.05, 0) is 0 Å². The molecule has 0 spiro atoms. The summed E-state index contributed by atoms with van der Waals surface area (Å²) in [5.41, 5.74) is 0. The molecular formula is C19H24N2P2Se2. The molecule has 0 fully saturated rings. The van der Waals surface area contributed by atoms with E-state index in [9.17, 15) is 0 Å². The fourth-order valence-corrected chi connectivity index (χ4v) is 27.4. The van der Waals surface area contributed by atoms with E-state index in [4.69, 9.17) is 4.76 Å². The van der Waals surface area contributed by atoms with E-state index >= 15 is 0 Å². The van der Waals surface area contributed by atoms with Gasteiger partial charge in [0.1, 0.15) is 0 Å². The fourth-order valence-electron chi connectivity index (χ4n) is 2.99. The van der Waals surface area contributed by atoms with Crippen LogP contribution in [-0.2, 0) is 0 Å². The van der Waals surface area contributed by atoms with Gasteiger partial charge in [-0.1, -0.05) is 0 Å². The Hall–Kier alpha value is -0.191. The molecule has 2 nitrogen and oxygen atoms in total. The van der Waals surface area contributed by atoms with E-state index in [2.05, 4.69) is 109 Å². The average molecular weight is 500 g/mol. The van der Waals surface area contributed by atoms with Crippen molar-refractivity contribution in [2.45, 2.75) is 39.8 Å². The summed E-state index contributed by atoms with van der Waals surface area (Å²) in [6, 6.07) is 22.9. The van der Waals surface area contributed by atoms with Gasteiger partial charge < -0.3 is 0 Å². The first-order valence-corrected chi connectivity index (χ1v) is 17.6. The molecule has 0 bridgehead atoms. The Morgan fingerprint density at radius 3 is 1.96 bits per heavy atom. The Kier molecular flexibility index (Phi) is 6.44.